The van der Waals surface area contributed by atoms with E-state index in [0.717, 1.165) is 30.8 Å². The first-order valence-electron chi connectivity index (χ1n) is 7.52. The first kappa shape index (κ1) is 16.5. The number of hydrogen-bond acceptors (Lipinski definition) is 3. The van der Waals surface area contributed by atoms with Crippen LogP contribution in [0.15, 0.2) is 47.1 Å². The van der Waals surface area contributed by atoms with Gasteiger partial charge in [0, 0.05) is 18.8 Å². The van der Waals surface area contributed by atoms with Gasteiger partial charge in [0.05, 0.1) is 6.26 Å². The molecular formula is C17H22N2O2S. The smallest absolute Gasteiger partial charge is 0.170 e. The van der Waals surface area contributed by atoms with Gasteiger partial charge < -0.3 is 19.8 Å². The molecule has 0 bridgehead atoms. The maximum atomic E-state index is 5.51. The zero-order chi connectivity index (χ0) is 15.6. The van der Waals surface area contributed by atoms with Crippen molar-refractivity contribution >= 4 is 23.0 Å². The van der Waals surface area contributed by atoms with Gasteiger partial charge in [-0.1, -0.05) is 19.1 Å². The van der Waals surface area contributed by atoms with Gasteiger partial charge in [0.25, 0.3) is 0 Å². The van der Waals surface area contributed by atoms with E-state index >= 15 is 0 Å². The van der Waals surface area contributed by atoms with Crippen molar-refractivity contribution in [2.45, 2.75) is 26.4 Å². The average Bonchev–Trinajstić information content (AvgIpc) is 3.05. The molecule has 4 nitrogen and oxygen atoms in total. The second-order valence-corrected chi connectivity index (χ2v) is 5.33. The van der Waals surface area contributed by atoms with Gasteiger partial charge in [-0.3, -0.25) is 0 Å². The van der Waals surface area contributed by atoms with E-state index in [2.05, 4.69) is 29.7 Å². The Morgan fingerprint density at radius 2 is 2.05 bits per heavy atom. The lowest BCUT2D eigenvalue weighted by molar-refractivity contribution is 0.105. The van der Waals surface area contributed by atoms with Gasteiger partial charge in [0.2, 0.25) is 0 Å². The van der Waals surface area contributed by atoms with Gasteiger partial charge in [-0.2, -0.15) is 0 Å². The van der Waals surface area contributed by atoms with Crippen LogP contribution in [0.25, 0.3) is 0 Å². The number of ether oxygens (including phenoxy) is 1. The molecule has 0 saturated carbocycles. The van der Waals surface area contributed by atoms with Gasteiger partial charge in [0.1, 0.15) is 12.4 Å². The molecule has 0 radical (unpaired) electrons. The summed E-state index contributed by atoms with van der Waals surface area (Å²) in [6.07, 6.45) is 3.58. The Bertz CT molecular complexity index is 553. The van der Waals surface area contributed by atoms with Gasteiger partial charge in [-0.15, -0.1) is 0 Å². The van der Waals surface area contributed by atoms with Gasteiger partial charge >= 0.3 is 0 Å². The average molecular weight is 318 g/mol. The lowest BCUT2D eigenvalue weighted by Gasteiger charge is -2.11. The summed E-state index contributed by atoms with van der Waals surface area (Å²) in [6.45, 7) is 4.10. The molecule has 0 spiro atoms. The van der Waals surface area contributed by atoms with E-state index in [0.29, 0.717) is 18.3 Å². The second kappa shape index (κ2) is 9.23. The van der Waals surface area contributed by atoms with Crippen LogP contribution in [-0.4, -0.2) is 18.3 Å². The molecule has 1 aromatic carbocycles. The zero-order valence-corrected chi connectivity index (χ0v) is 13.6. The number of nitrogens with one attached hydrogen (secondary N) is 2. The minimum absolute atomic E-state index is 0.513. The quantitative estimate of drug-likeness (QED) is 0.573. The van der Waals surface area contributed by atoms with Crippen molar-refractivity contribution in [1.29, 1.82) is 0 Å². The lowest BCUT2D eigenvalue weighted by Crippen LogP contribution is -2.29. The topological polar surface area (TPSA) is 46.4 Å². The molecule has 0 amide bonds. The van der Waals surface area contributed by atoms with Crippen molar-refractivity contribution in [3.8, 4) is 0 Å². The van der Waals surface area contributed by atoms with E-state index in [1.807, 2.05) is 24.3 Å². The number of rotatable bonds is 8. The van der Waals surface area contributed by atoms with Crippen LogP contribution < -0.4 is 10.6 Å². The van der Waals surface area contributed by atoms with Gasteiger partial charge in [0.15, 0.2) is 5.11 Å². The summed E-state index contributed by atoms with van der Waals surface area (Å²) in [4.78, 5) is 0. The number of benzene rings is 1. The highest BCUT2D eigenvalue weighted by Crippen LogP contribution is 2.09. The molecule has 2 N–H and O–H groups in total. The predicted octanol–water partition coefficient (Wildman–Crippen LogP) is 3.74. The summed E-state index contributed by atoms with van der Waals surface area (Å²) in [5.74, 6) is 0.848. The van der Waals surface area contributed by atoms with Crippen molar-refractivity contribution in [3.63, 3.8) is 0 Å². The van der Waals surface area contributed by atoms with Crippen LogP contribution >= 0.6 is 12.2 Å². The Kier molecular flexibility index (Phi) is 6.93. The van der Waals surface area contributed by atoms with Crippen LogP contribution in [0, 0.1) is 0 Å². The number of hydrogen-bond donors (Lipinski definition) is 2. The van der Waals surface area contributed by atoms with Crippen LogP contribution in [0.1, 0.15) is 24.7 Å². The number of thiocarbonyl (C=S) groups is 1. The Balaban J connectivity index is 1.55. The maximum absolute atomic E-state index is 5.51. The normalized spacial score (nSPS) is 10.4. The fraction of sp³-hybridized carbons (Fsp3) is 0.353. The van der Waals surface area contributed by atoms with E-state index in [4.69, 9.17) is 21.4 Å². The third kappa shape index (κ3) is 5.87. The van der Waals surface area contributed by atoms with E-state index in [9.17, 15) is 0 Å². The summed E-state index contributed by atoms with van der Waals surface area (Å²) < 4.78 is 10.7. The molecule has 1 aromatic heterocycles. The zero-order valence-electron chi connectivity index (χ0n) is 12.8. The Hall–Kier alpha value is -1.85. The fourth-order valence-electron chi connectivity index (χ4n) is 1.94. The van der Waals surface area contributed by atoms with Crippen LogP contribution in [0.4, 0.5) is 5.69 Å². The molecule has 0 saturated heterocycles. The highest BCUT2D eigenvalue weighted by Gasteiger charge is 1.98. The number of furan rings is 1. The Morgan fingerprint density at radius 3 is 2.73 bits per heavy atom. The fourth-order valence-corrected chi connectivity index (χ4v) is 2.16. The summed E-state index contributed by atoms with van der Waals surface area (Å²) >= 11 is 5.26. The molecule has 0 aliphatic carbocycles. The molecule has 1 heterocycles. The first-order valence-corrected chi connectivity index (χ1v) is 7.92. The third-order valence-corrected chi connectivity index (χ3v) is 3.44. The molecule has 5 heteroatoms. The predicted molar refractivity (Wildman–Crippen MR) is 93.0 cm³/mol. The van der Waals surface area contributed by atoms with Crippen molar-refractivity contribution in [2.75, 3.05) is 18.5 Å². The molecule has 0 atom stereocenters. The molecule has 0 aliphatic heterocycles. The summed E-state index contributed by atoms with van der Waals surface area (Å²) in [7, 11) is 0. The molecule has 2 aromatic rings. The molecule has 0 aliphatic rings. The maximum Gasteiger partial charge on any atom is 0.170 e. The van der Waals surface area contributed by atoms with Crippen LogP contribution in [0.2, 0.25) is 0 Å². The number of aryl methyl sites for hydroxylation is 1. The second-order valence-electron chi connectivity index (χ2n) is 4.92. The van der Waals surface area contributed by atoms with Gasteiger partial charge in [-0.25, -0.2) is 0 Å². The molecular weight excluding hydrogens is 296 g/mol. The van der Waals surface area contributed by atoms with Crippen LogP contribution in [0.3, 0.4) is 0 Å². The minimum Gasteiger partial charge on any atom is -0.467 e. The first-order chi connectivity index (χ1) is 10.8. The summed E-state index contributed by atoms with van der Waals surface area (Å²) in [5.41, 5.74) is 2.32. The van der Waals surface area contributed by atoms with Crippen molar-refractivity contribution < 1.29 is 9.15 Å². The van der Waals surface area contributed by atoms with E-state index < -0.39 is 0 Å². The van der Waals surface area contributed by atoms with Crippen molar-refractivity contribution in [1.82, 2.24) is 5.32 Å². The summed E-state index contributed by atoms with van der Waals surface area (Å²) in [5, 5.41) is 6.98. The van der Waals surface area contributed by atoms with Crippen LogP contribution in [0.5, 0.6) is 0 Å². The highest BCUT2D eigenvalue weighted by molar-refractivity contribution is 7.80. The molecule has 0 unspecified atom stereocenters. The molecule has 118 valence electrons. The number of anilines is 1. The molecule has 0 fully saturated rings. The summed E-state index contributed by atoms with van der Waals surface area (Å²) in [6, 6.07) is 12.1. The highest BCUT2D eigenvalue weighted by atomic mass is 32.1. The standard InChI is InChI=1S/C17H22N2O2S/c1-2-14-6-8-15(9-7-14)19-17(22)18-10-4-11-20-13-16-5-3-12-21-16/h3,5-9,12H,2,4,10-11,13H2,1H3,(H2,18,19,22). The largest absolute Gasteiger partial charge is 0.467 e. The third-order valence-electron chi connectivity index (χ3n) is 3.20. The monoisotopic (exact) mass is 318 g/mol. The van der Waals surface area contributed by atoms with E-state index in [-0.39, 0.29) is 0 Å². The lowest BCUT2D eigenvalue weighted by atomic mass is 10.1. The van der Waals surface area contributed by atoms with Gasteiger partial charge in [-0.05, 0) is 54.9 Å². The molecule has 22 heavy (non-hydrogen) atoms. The Morgan fingerprint density at radius 1 is 1.23 bits per heavy atom. The van der Waals surface area contributed by atoms with E-state index in [1.54, 1.807) is 6.26 Å². The van der Waals surface area contributed by atoms with E-state index in [1.165, 1.54) is 5.56 Å². The van der Waals surface area contributed by atoms with Crippen LogP contribution in [-0.2, 0) is 17.8 Å². The van der Waals surface area contributed by atoms with Crippen molar-refractivity contribution in [3.05, 3.63) is 54.0 Å². The Labute approximate surface area is 136 Å². The van der Waals surface area contributed by atoms with Crippen molar-refractivity contribution in [2.24, 2.45) is 0 Å². The minimum atomic E-state index is 0.513. The SMILES string of the molecule is CCc1ccc(NC(=S)NCCCOCc2ccco2)cc1. The molecule has 2 rings (SSSR count).